The number of carbonyl (C=O) groups is 2. The Bertz CT molecular complexity index is 522. The van der Waals surface area contributed by atoms with Gasteiger partial charge in [0.05, 0.1) is 7.11 Å². The summed E-state index contributed by atoms with van der Waals surface area (Å²) < 4.78 is 9.92. The molecule has 1 aromatic rings. The number of carbonyl (C=O) groups excluding carboxylic acids is 2. The van der Waals surface area contributed by atoms with Crippen LogP contribution in [0.3, 0.4) is 0 Å². The molecule has 0 N–H and O–H groups in total. The molecule has 1 amide bonds. The first-order valence-electron chi connectivity index (χ1n) is 6.17. The van der Waals surface area contributed by atoms with Gasteiger partial charge in [-0.15, -0.1) is 5.06 Å². The lowest BCUT2D eigenvalue weighted by molar-refractivity contribution is -0.147. The van der Waals surface area contributed by atoms with Crippen molar-refractivity contribution < 1.29 is 23.9 Å². The van der Waals surface area contributed by atoms with Crippen LogP contribution in [0, 0.1) is 0 Å². The molecule has 0 bridgehead atoms. The zero-order valence-electron chi connectivity index (χ0n) is 11.9. The van der Waals surface area contributed by atoms with Crippen molar-refractivity contribution in [3.8, 4) is 0 Å². The van der Waals surface area contributed by atoms with Gasteiger partial charge in [0.1, 0.15) is 5.60 Å². The normalized spacial score (nSPS) is 21.3. The average Bonchev–Trinajstić information content (AvgIpc) is 3.14. The topological polar surface area (TPSA) is 68.1 Å². The number of amides is 1. The molecule has 0 aromatic heterocycles. The molecule has 0 aliphatic carbocycles. The molecule has 0 saturated carbocycles. The maximum absolute atomic E-state index is 12.0. The Morgan fingerprint density at radius 1 is 1.20 bits per heavy atom. The summed E-state index contributed by atoms with van der Waals surface area (Å²) in [4.78, 5) is 29.2. The Morgan fingerprint density at radius 2 is 1.80 bits per heavy atom. The summed E-state index contributed by atoms with van der Waals surface area (Å²) in [5.41, 5.74) is -1.71. The molecule has 6 heteroatoms. The van der Waals surface area contributed by atoms with Gasteiger partial charge in [0.25, 0.3) is 0 Å². The lowest BCUT2D eigenvalue weighted by atomic mass is 10.1. The second-order valence-corrected chi connectivity index (χ2v) is 5.37. The number of methoxy groups -OCH3 is 1. The van der Waals surface area contributed by atoms with E-state index >= 15 is 0 Å². The number of hydrogen-bond donors (Lipinski definition) is 0. The van der Waals surface area contributed by atoms with Crippen LogP contribution in [-0.2, 0) is 24.8 Å². The predicted molar refractivity (Wildman–Crippen MR) is 69.3 cm³/mol. The van der Waals surface area contributed by atoms with Crippen LogP contribution in [-0.4, -0.2) is 29.8 Å². The van der Waals surface area contributed by atoms with Gasteiger partial charge in [-0.3, -0.25) is 0 Å². The van der Waals surface area contributed by atoms with Crippen LogP contribution < -0.4 is 0 Å². The second kappa shape index (κ2) is 4.79. The molecule has 108 valence electrons. The zero-order valence-corrected chi connectivity index (χ0v) is 11.9. The molecule has 1 fully saturated rings. The van der Waals surface area contributed by atoms with E-state index < -0.39 is 23.4 Å². The first-order chi connectivity index (χ1) is 9.31. The smallest absolute Gasteiger partial charge is 0.438 e. The van der Waals surface area contributed by atoms with Crippen molar-refractivity contribution >= 4 is 12.1 Å². The van der Waals surface area contributed by atoms with E-state index in [-0.39, 0.29) is 0 Å². The first-order valence-corrected chi connectivity index (χ1v) is 6.17. The number of hydrogen-bond acceptors (Lipinski definition) is 5. The largest absolute Gasteiger partial charge is 0.465 e. The first kappa shape index (κ1) is 14.3. The van der Waals surface area contributed by atoms with E-state index in [1.54, 1.807) is 51.1 Å². The summed E-state index contributed by atoms with van der Waals surface area (Å²) in [6.45, 7) is 5.20. The molecule has 6 nitrogen and oxygen atoms in total. The molecular weight excluding hydrogens is 262 g/mol. The predicted octanol–water partition coefficient (Wildman–Crippen LogP) is 2.19. The molecular formula is C14H17NO5. The van der Waals surface area contributed by atoms with E-state index in [1.165, 1.54) is 7.11 Å². The van der Waals surface area contributed by atoms with E-state index in [4.69, 9.17) is 14.3 Å². The molecule has 1 saturated heterocycles. The van der Waals surface area contributed by atoms with Gasteiger partial charge in [-0.1, -0.05) is 30.3 Å². The summed E-state index contributed by atoms with van der Waals surface area (Å²) in [7, 11) is 1.24. The van der Waals surface area contributed by atoms with Gasteiger partial charge in [-0.25, -0.2) is 14.4 Å². The maximum atomic E-state index is 12.0. The molecule has 1 aromatic carbocycles. The number of ether oxygens (including phenoxy) is 2. The fourth-order valence-corrected chi connectivity index (χ4v) is 1.79. The van der Waals surface area contributed by atoms with Crippen LogP contribution >= 0.6 is 0 Å². The number of hydroxylamine groups is 2. The lowest BCUT2D eigenvalue weighted by Gasteiger charge is -2.19. The van der Waals surface area contributed by atoms with Gasteiger partial charge >= 0.3 is 17.8 Å². The molecule has 0 spiro atoms. The Labute approximate surface area is 117 Å². The Balaban J connectivity index is 2.27. The van der Waals surface area contributed by atoms with Crippen molar-refractivity contribution in [3.63, 3.8) is 0 Å². The van der Waals surface area contributed by atoms with Gasteiger partial charge < -0.3 is 9.47 Å². The molecule has 1 aliphatic heterocycles. The number of esters is 1. The zero-order chi connectivity index (χ0) is 15.0. The number of rotatable bonds is 2. The Morgan fingerprint density at radius 3 is 2.30 bits per heavy atom. The third kappa shape index (κ3) is 2.46. The fourth-order valence-electron chi connectivity index (χ4n) is 1.79. The van der Waals surface area contributed by atoms with E-state index in [0.29, 0.717) is 5.56 Å². The molecule has 1 heterocycles. The minimum absolute atomic E-state index is 0.512. The van der Waals surface area contributed by atoms with Crippen molar-refractivity contribution in [1.29, 1.82) is 0 Å². The summed E-state index contributed by atoms with van der Waals surface area (Å²) in [5.74, 6) is -0.672. The van der Waals surface area contributed by atoms with E-state index in [1.807, 2.05) is 0 Å². The van der Waals surface area contributed by atoms with Crippen LogP contribution in [0.2, 0.25) is 0 Å². The summed E-state index contributed by atoms with van der Waals surface area (Å²) in [6, 6.07) is 8.65. The Hall–Kier alpha value is -2.08. The van der Waals surface area contributed by atoms with Crippen molar-refractivity contribution in [1.82, 2.24) is 5.06 Å². The van der Waals surface area contributed by atoms with Crippen LogP contribution in [0.5, 0.6) is 0 Å². The van der Waals surface area contributed by atoms with Crippen molar-refractivity contribution in [2.24, 2.45) is 0 Å². The van der Waals surface area contributed by atoms with E-state index in [0.717, 1.165) is 5.06 Å². The molecule has 2 rings (SSSR count). The maximum Gasteiger partial charge on any atom is 0.438 e. The highest BCUT2D eigenvalue weighted by molar-refractivity contribution is 5.88. The SMILES string of the molecule is COC(=O)C1(c2ccccc2)ON1C(=O)OC(C)(C)C. The quantitative estimate of drug-likeness (QED) is 0.613. The molecule has 0 radical (unpaired) electrons. The van der Waals surface area contributed by atoms with Gasteiger partial charge in [-0.05, 0) is 20.8 Å². The van der Waals surface area contributed by atoms with Crippen LogP contribution in [0.1, 0.15) is 26.3 Å². The molecule has 20 heavy (non-hydrogen) atoms. The highest BCUT2D eigenvalue weighted by atomic mass is 16.9. The third-order valence-corrected chi connectivity index (χ3v) is 2.66. The second-order valence-electron chi connectivity index (χ2n) is 5.37. The molecule has 1 atom stereocenters. The monoisotopic (exact) mass is 279 g/mol. The van der Waals surface area contributed by atoms with Crippen LogP contribution in [0.15, 0.2) is 30.3 Å². The fraction of sp³-hybridized carbons (Fsp3) is 0.429. The molecule has 1 unspecified atom stereocenters. The third-order valence-electron chi connectivity index (χ3n) is 2.66. The van der Waals surface area contributed by atoms with Crippen LogP contribution in [0.4, 0.5) is 4.79 Å². The number of nitrogens with zero attached hydrogens (tertiary/aromatic N) is 1. The minimum atomic E-state index is -1.54. The average molecular weight is 279 g/mol. The highest BCUT2D eigenvalue weighted by Crippen LogP contribution is 2.46. The minimum Gasteiger partial charge on any atom is -0.465 e. The summed E-state index contributed by atoms with van der Waals surface area (Å²) in [5, 5.41) is 0.888. The van der Waals surface area contributed by atoms with Gasteiger partial charge in [0.2, 0.25) is 0 Å². The molecule has 1 aliphatic rings. The van der Waals surface area contributed by atoms with E-state index in [9.17, 15) is 9.59 Å². The number of benzene rings is 1. The lowest BCUT2D eigenvalue weighted by Crippen LogP contribution is -2.34. The van der Waals surface area contributed by atoms with E-state index in [2.05, 4.69) is 0 Å². The van der Waals surface area contributed by atoms with Crippen molar-refractivity contribution in [2.45, 2.75) is 32.1 Å². The van der Waals surface area contributed by atoms with Crippen LogP contribution in [0.25, 0.3) is 0 Å². The highest BCUT2D eigenvalue weighted by Gasteiger charge is 2.68. The van der Waals surface area contributed by atoms with Gasteiger partial charge in [0, 0.05) is 5.56 Å². The van der Waals surface area contributed by atoms with Gasteiger partial charge in [-0.2, -0.15) is 0 Å². The van der Waals surface area contributed by atoms with Crippen molar-refractivity contribution in [2.75, 3.05) is 7.11 Å². The van der Waals surface area contributed by atoms with Gasteiger partial charge in [0.15, 0.2) is 0 Å². The summed E-state index contributed by atoms with van der Waals surface area (Å²) >= 11 is 0. The van der Waals surface area contributed by atoms with Crippen molar-refractivity contribution in [3.05, 3.63) is 35.9 Å². The standard InChI is InChI=1S/C14H17NO5/c1-13(2,3)19-12(17)15-14(20-15,11(16)18-4)10-8-6-5-7-9-10/h5-9H,1-4H3. The summed E-state index contributed by atoms with van der Waals surface area (Å²) in [6.07, 6.45) is -0.730. The Kier molecular flexibility index (Phi) is 3.43.